The Morgan fingerprint density at radius 2 is 1.79 bits per heavy atom. The minimum Gasteiger partial charge on any atom is -0.444 e. The van der Waals surface area contributed by atoms with Crippen molar-refractivity contribution in [2.24, 2.45) is 4.99 Å². The van der Waals surface area contributed by atoms with E-state index in [2.05, 4.69) is 32.8 Å². The summed E-state index contributed by atoms with van der Waals surface area (Å²) in [5.74, 6) is 0.747. The van der Waals surface area contributed by atoms with E-state index in [0.717, 1.165) is 45.4 Å². The molecule has 1 saturated heterocycles. The van der Waals surface area contributed by atoms with Gasteiger partial charge in [0.05, 0.1) is 25.3 Å². The van der Waals surface area contributed by atoms with E-state index in [1.807, 2.05) is 41.5 Å². The highest BCUT2D eigenvalue weighted by Gasteiger charge is 2.24. The van der Waals surface area contributed by atoms with Gasteiger partial charge in [0.1, 0.15) is 5.60 Å². The summed E-state index contributed by atoms with van der Waals surface area (Å²) in [6.07, 6.45) is -0.429. The molecule has 1 aliphatic heterocycles. The van der Waals surface area contributed by atoms with Crippen LogP contribution in [-0.2, 0) is 9.47 Å². The minimum absolute atomic E-state index is 0. The number of nitrogens with zero attached hydrogens (tertiary/aromatic N) is 2. The van der Waals surface area contributed by atoms with Crippen LogP contribution in [0.1, 0.15) is 48.5 Å². The topological polar surface area (TPSA) is 87.2 Å². The molecule has 0 radical (unpaired) electrons. The van der Waals surface area contributed by atoms with E-state index in [1.165, 1.54) is 0 Å². The molecule has 1 rings (SSSR count). The summed E-state index contributed by atoms with van der Waals surface area (Å²) >= 11 is 0. The van der Waals surface area contributed by atoms with E-state index in [0.29, 0.717) is 12.6 Å². The molecular formula is C19H40IN5O3. The lowest BCUT2D eigenvalue weighted by Gasteiger charge is -2.32. The van der Waals surface area contributed by atoms with Gasteiger partial charge in [-0.15, -0.1) is 24.0 Å². The summed E-state index contributed by atoms with van der Waals surface area (Å²) in [7, 11) is 0. The molecule has 0 aromatic carbocycles. The number of guanidine groups is 1. The molecule has 1 fully saturated rings. The summed E-state index contributed by atoms with van der Waals surface area (Å²) in [5.41, 5.74) is -1.03. The average molecular weight is 513 g/mol. The largest absolute Gasteiger partial charge is 0.444 e. The lowest BCUT2D eigenvalue weighted by Crippen LogP contribution is -2.50. The number of alkyl carbamates (subject to hydrolysis) is 1. The van der Waals surface area contributed by atoms with E-state index >= 15 is 0 Å². The van der Waals surface area contributed by atoms with Crippen LogP contribution >= 0.6 is 24.0 Å². The predicted molar refractivity (Wildman–Crippen MR) is 125 cm³/mol. The Labute approximate surface area is 187 Å². The molecule has 0 saturated carbocycles. The molecule has 0 aliphatic carbocycles. The van der Waals surface area contributed by atoms with E-state index < -0.39 is 17.2 Å². The molecule has 28 heavy (non-hydrogen) atoms. The second-order valence-corrected chi connectivity index (χ2v) is 8.58. The van der Waals surface area contributed by atoms with Crippen molar-refractivity contribution in [3.05, 3.63) is 0 Å². The number of carbonyl (C=O) groups is 1. The first kappa shape index (κ1) is 27.2. The highest BCUT2D eigenvalue weighted by atomic mass is 127. The van der Waals surface area contributed by atoms with Crippen molar-refractivity contribution < 1.29 is 14.3 Å². The summed E-state index contributed by atoms with van der Waals surface area (Å²) in [6, 6.07) is 0.394. The van der Waals surface area contributed by atoms with Crippen molar-refractivity contribution in [2.75, 3.05) is 45.9 Å². The smallest absolute Gasteiger partial charge is 0.408 e. The maximum Gasteiger partial charge on any atom is 0.408 e. The van der Waals surface area contributed by atoms with E-state index in [4.69, 9.17) is 9.47 Å². The van der Waals surface area contributed by atoms with Crippen LogP contribution < -0.4 is 16.0 Å². The third kappa shape index (κ3) is 11.9. The Kier molecular flexibility index (Phi) is 12.3. The molecule has 0 spiro atoms. The Morgan fingerprint density at radius 1 is 1.18 bits per heavy atom. The molecule has 1 unspecified atom stereocenters. The summed E-state index contributed by atoms with van der Waals surface area (Å²) in [4.78, 5) is 19.0. The molecule has 9 heteroatoms. The average Bonchev–Trinajstić information content (AvgIpc) is 2.55. The highest BCUT2D eigenvalue weighted by molar-refractivity contribution is 14.0. The van der Waals surface area contributed by atoms with Crippen LogP contribution in [0.5, 0.6) is 0 Å². The van der Waals surface area contributed by atoms with E-state index in [1.54, 1.807) is 0 Å². The number of nitrogens with one attached hydrogen (secondary N) is 3. The lowest BCUT2D eigenvalue weighted by molar-refractivity contribution is 0.0211. The van der Waals surface area contributed by atoms with Gasteiger partial charge in [-0.2, -0.15) is 0 Å². The van der Waals surface area contributed by atoms with E-state index in [9.17, 15) is 4.79 Å². The molecular weight excluding hydrogens is 473 g/mol. The van der Waals surface area contributed by atoms with Gasteiger partial charge in [0, 0.05) is 32.2 Å². The van der Waals surface area contributed by atoms with Crippen molar-refractivity contribution in [2.45, 2.75) is 65.6 Å². The molecule has 0 bridgehead atoms. The number of hydrogen-bond donors (Lipinski definition) is 3. The van der Waals surface area contributed by atoms with Gasteiger partial charge in [0.2, 0.25) is 0 Å². The van der Waals surface area contributed by atoms with Crippen LogP contribution in [0, 0.1) is 0 Å². The van der Waals surface area contributed by atoms with Crippen LogP contribution in [0.15, 0.2) is 4.99 Å². The van der Waals surface area contributed by atoms with Crippen molar-refractivity contribution in [1.82, 2.24) is 20.9 Å². The molecule has 1 aliphatic rings. The minimum atomic E-state index is -0.518. The second-order valence-electron chi connectivity index (χ2n) is 8.58. The molecule has 0 aromatic rings. The lowest BCUT2D eigenvalue weighted by atomic mass is 10.1. The summed E-state index contributed by atoms with van der Waals surface area (Å²) < 4.78 is 10.7. The van der Waals surface area contributed by atoms with Gasteiger partial charge in [0.15, 0.2) is 5.96 Å². The first-order valence-electron chi connectivity index (χ1n) is 9.87. The third-order valence-corrected chi connectivity index (χ3v) is 4.05. The normalized spacial score (nSPS) is 17.3. The van der Waals surface area contributed by atoms with Gasteiger partial charge < -0.3 is 25.4 Å². The van der Waals surface area contributed by atoms with Crippen LogP contribution in [0.4, 0.5) is 4.79 Å². The standard InChI is InChI=1S/C19H39N5O3.HI/c1-8-20-16(21-13-15(2)24-9-11-26-12-10-24)22-14-19(6,7)23-17(25)27-18(3,4)5;/h15H,8-14H2,1-7H3,(H,23,25)(H2,20,21,22);1H. The first-order valence-corrected chi connectivity index (χ1v) is 9.87. The second kappa shape index (κ2) is 12.7. The number of carbonyl (C=O) groups excluding carboxylic acids is 1. The first-order chi connectivity index (χ1) is 12.5. The van der Waals surface area contributed by atoms with Crippen molar-refractivity contribution >= 4 is 36.0 Å². The van der Waals surface area contributed by atoms with Crippen LogP contribution in [0.2, 0.25) is 0 Å². The van der Waals surface area contributed by atoms with Crippen LogP contribution in [-0.4, -0.2) is 80.1 Å². The molecule has 1 amide bonds. The van der Waals surface area contributed by atoms with Crippen LogP contribution in [0.25, 0.3) is 0 Å². The maximum absolute atomic E-state index is 12.0. The number of amides is 1. The van der Waals surface area contributed by atoms with E-state index in [-0.39, 0.29) is 24.0 Å². The Hall–Kier alpha value is -0.810. The fraction of sp³-hybridized carbons (Fsp3) is 0.895. The zero-order valence-electron chi connectivity index (χ0n) is 18.6. The summed E-state index contributed by atoms with van der Waals surface area (Å²) in [5, 5.41) is 9.53. The van der Waals surface area contributed by atoms with Crippen molar-refractivity contribution in [3.63, 3.8) is 0 Å². The number of aliphatic imine (C=N–C) groups is 1. The number of hydrogen-bond acceptors (Lipinski definition) is 5. The quantitative estimate of drug-likeness (QED) is 0.275. The summed E-state index contributed by atoms with van der Waals surface area (Å²) in [6.45, 7) is 19.2. The van der Waals surface area contributed by atoms with Gasteiger partial charge in [-0.1, -0.05) is 0 Å². The molecule has 1 atom stereocenters. The molecule has 0 aromatic heterocycles. The Morgan fingerprint density at radius 3 is 2.32 bits per heavy atom. The number of morpholine rings is 1. The SMILES string of the molecule is CCNC(=NCC(C)(C)NC(=O)OC(C)(C)C)NCC(C)N1CCOCC1.I. The predicted octanol–water partition coefficient (Wildman–Crippen LogP) is 2.18. The van der Waals surface area contributed by atoms with Crippen molar-refractivity contribution in [3.8, 4) is 0 Å². The monoisotopic (exact) mass is 513 g/mol. The molecule has 8 nitrogen and oxygen atoms in total. The number of rotatable bonds is 7. The Balaban J connectivity index is 0.00000729. The van der Waals surface area contributed by atoms with Gasteiger partial charge in [0.25, 0.3) is 0 Å². The van der Waals surface area contributed by atoms with Gasteiger partial charge in [-0.3, -0.25) is 9.89 Å². The molecule has 166 valence electrons. The van der Waals surface area contributed by atoms with Crippen molar-refractivity contribution in [1.29, 1.82) is 0 Å². The van der Waals surface area contributed by atoms with Crippen LogP contribution in [0.3, 0.4) is 0 Å². The molecule has 1 heterocycles. The van der Waals surface area contributed by atoms with Gasteiger partial charge in [-0.05, 0) is 48.5 Å². The zero-order valence-corrected chi connectivity index (χ0v) is 20.9. The Bertz CT molecular complexity index is 488. The number of halogens is 1. The van der Waals surface area contributed by atoms with Gasteiger partial charge in [-0.25, -0.2) is 4.79 Å². The molecule has 3 N–H and O–H groups in total. The zero-order chi connectivity index (χ0) is 20.5. The van der Waals surface area contributed by atoms with Gasteiger partial charge >= 0.3 is 6.09 Å². The third-order valence-electron chi connectivity index (χ3n) is 4.05. The fourth-order valence-corrected chi connectivity index (χ4v) is 2.63. The maximum atomic E-state index is 12.0. The highest BCUT2D eigenvalue weighted by Crippen LogP contribution is 2.10. The number of ether oxygens (including phenoxy) is 2. The fourth-order valence-electron chi connectivity index (χ4n) is 2.63.